The van der Waals surface area contributed by atoms with Crippen LogP contribution in [0.1, 0.15) is 33.1 Å². The number of hydrogen-bond acceptors (Lipinski definition) is 3. The molecule has 0 aromatic heterocycles. The van der Waals surface area contributed by atoms with Crippen LogP contribution < -0.4 is 5.32 Å². The van der Waals surface area contributed by atoms with Crippen LogP contribution in [0.25, 0.3) is 0 Å². The maximum absolute atomic E-state index is 12.2. The van der Waals surface area contributed by atoms with Crippen molar-refractivity contribution in [1.82, 2.24) is 15.1 Å². The van der Waals surface area contributed by atoms with Crippen molar-refractivity contribution in [3.63, 3.8) is 0 Å². The average Bonchev–Trinajstić information content (AvgIpc) is 2.53. The van der Waals surface area contributed by atoms with Gasteiger partial charge in [0.1, 0.15) is 0 Å². The van der Waals surface area contributed by atoms with E-state index < -0.39 is 0 Å². The van der Waals surface area contributed by atoms with E-state index in [1.165, 1.54) is 0 Å². The zero-order valence-corrected chi connectivity index (χ0v) is 11.1. The molecule has 0 aromatic carbocycles. The van der Waals surface area contributed by atoms with Crippen LogP contribution in [0.2, 0.25) is 0 Å². The molecule has 0 aliphatic carbocycles. The lowest BCUT2D eigenvalue weighted by Crippen LogP contribution is -2.50. The number of amides is 1. The summed E-state index contributed by atoms with van der Waals surface area (Å²) in [5.41, 5.74) is 0. The zero-order valence-electron chi connectivity index (χ0n) is 11.1. The van der Waals surface area contributed by atoms with Crippen LogP contribution in [-0.4, -0.2) is 60.5 Å². The number of rotatable bonds is 2. The van der Waals surface area contributed by atoms with Gasteiger partial charge < -0.3 is 15.1 Å². The number of nitrogens with one attached hydrogen (secondary N) is 1. The molecule has 0 saturated carbocycles. The first kappa shape index (κ1) is 12.8. The number of carbonyl (C=O) groups excluding carboxylic acids is 1. The van der Waals surface area contributed by atoms with Crippen molar-refractivity contribution in [2.45, 2.75) is 45.2 Å². The molecule has 2 saturated heterocycles. The molecule has 17 heavy (non-hydrogen) atoms. The molecule has 0 spiro atoms. The molecule has 2 rings (SSSR count). The molecule has 2 fully saturated rings. The minimum atomic E-state index is 0.00158. The molecule has 0 aromatic rings. The van der Waals surface area contributed by atoms with Crippen molar-refractivity contribution in [2.24, 2.45) is 0 Å². The van der Waals surface area contributed by atoms with Crippen LogP contribution in [0.5, 0.6) is 0 Å². The van der Waals surface area contributed by atoms with Crippen LogP contribution in [0.15, 0.2) is 0 Å². The van der Waals surface area contributed by atoms with Crippen molar-refractivity contribution in [3.05, 3.63) is 0 Å². The summed E-state index contributed by atoms with van der Waals surface area (Å²) in [5, 5.41) is 3.28. The maximum Gasteiger partial charge on any atom is 0.239 e. The second-order valence-electron chi connectivity index (χ2n) is 5.23. The first-order valence-corrected chi connectivity index (χ1v) is 6.98. The minimum Gasteiger partial charge on any atom is -0.338 e. The van der Waals surface area contributed by atoms with Crippen molar-refractivity contribution in [2.75, 3.05) is 32.7 Å². The van der Waals surface area contributed by atoms with E-state index in [1.807, 2.05) is 6.92 Å². The van der Waals surface area contributed by atoms with Gasteiger partial charge in [0, 0.05) is 25.7 Å². The third-order valence-electron chi connectivity index (χ3n) is 4.12. The molecule has 1 atom stereocenters. The third-order valence-corrected chi connectivity index (χ3v) is 4.12. The van der Waals surface area contributed by atoms with E-state index in [9.17, 15) is 4.79 Å². The largest absolute Gasteiger partial charge is 0.338 e. The summed E-state index contributed by atoms with van der Waals surface area (Å²) in [6, 6.07) is 0.481. The first-order chi connectivity index (χ1) is 8.22. The van der Waals surface area contributed by atoms with Crippen LogP contribution in [0.4, 0.5) is 0 Å². The van der Waals surface area contributed by atoms with Crippen LogP contribution in [0.3, 0.4) is 0 Å². The Morgan fingerprint density at radius 2 is 2.00 bits per heavy atom. The van der Waals surface area contributed by atoms with E-state index in [2.05, 4.69) is 22.0 Å². The lowest BCUT2D eigenvalue weighted by Gasteiger charge is -2.38. The van der Waals surface area contributed by atoms with Gasteiger partial charge in [0.25, 0.3) is 0 Å². The standard InChI is InChI=1S/C13H25N3O/c1-3-15-9-5-12(6-10-15)16-8-4-7-14-11(2)13(16)17/h11-12,14H,3-10H2,1-2H3. The van der Waals surface area contributed by atoms with Gasteiger partial charge in [0.05, 0.1) is 6.04 Å². The molecule has 0 bridgehead atoms. The molecule has 2 aliphatic heterocycles. The fraction of sp³-hybridized carbons (Fsp3) is 0.923. The van der Waals surface area contributed by atoms with E-state index in [4.69, 9.17) is 0 Å². The summed E-state index contributed by atoms with van der Waals surface area (Å²) in [7, 11) is 0. The molecular formula is C13H25N3O. The van der Waals surface area contributed by atoms with Crippen LogP contribution in [0, 0.1) is 0 Å². The molecule has 4 heteroatoms. The smallest absolute Gasteiger partial charge is 0.239 e. The Morgan fingerprint density at radius 1 is 1.29 bits per heavy atom. The summed E-state index contributed by atoms with van der Waals surface area (Å²) in [5.74, 6) is 0.303. The number of carbonyl (C=O) groups is 1. The van der Waals surface area contributed by atoms with Crippen molar-refractivity contribution in [3.8, 4) is 0 Å². The van der Waals surface area contributed by atoms with Gasteiger partial charge >= 0.3 is 0 Å². The van der Waals surface area contributed by atoms with E-state index in [0.717, 1.165) is 52.0 Å². The second-order valence-corrected chi connectivity index (χ2v) is 5.23. The number of nitrogens with zero attached hydrogens (tertiary/aromatic N) is 2. The van der Waals surface area contributed by atoms with E-state index in [0.29, 0.717) is 11.9 Å². The Morgan fingerprint density at radius 3 is 2.65 bits per heavy atom. The Labute approximate surface area is 104 Å². The normalized spacial score (nSPS) is 29.4. The quantitative estimate of drug-likeness (QED) is 0.770. The van der Waals surface area contributed by atoms with Gasteiger partial charge in [-0.25, -0.2) is 0 Å². The summed E-state index contributed by atoms with van der Waals surface area (Å²) < 4.78 is 0. The lowest BCUT2D eigenvalue weighted by atomic mass is 10.0. The predicted molar refractivity (Wildman–Crippen MR) is 68.9 cm³/mol. The van der Waals surface area contributed by atoms with E-state index >= 15 is 0 Å². The summed E-state index contributed by atoms with van der Waals surface area (Å²) in [4.78, 5) is 16.9. The lowest BCUT2D eigenvalue weighted by molar-refractivity contribution is -0.135. The number of likely N-dealkylation sites (tertiary alicyclic amines) is 1. The highest BCUT2D eigenvalue weighted by molar-refractivity contribution is 5.82. The molecule has 98 valence electrons. The Bertz CT molecular complexity index is 261. The van der Waals surface area contributed by atoms with Crippen molar-refractivity contribution < 1.29 is 4.79 Å². The highest BCUT2D eigenvalue weighted by Crippen LogP contribution is 2.18. The van der Waals surface area contributed by atoms with Crippen LogP contribution >= 0.6 is 0 Å². The Hall–Kier alpha value is -0.610. The van der Waals surface area contributed by atoms with Gasteiger partial charge in [0.2, 0.25) is 5.91 Å². The average molecular weight is 239 g/mol. The van der Waals surface area contributed by atoms with Gasteiger partial charge in [-0.1, -0.05) is 6.92 Å². The molecule has 1 N–H and O–H groups in total. The maximum atomic E-state index is 12.2. The molecular weight excluding hydrogens is 214 g/mol. The SMILES string of the molecule is CCN1CCC(N2CCCNC(C)C2=O)CC1. The molecule has 4 nitrogen and oxygen atoms in total. The fourth-order valence-corrected chi connectivity index (χ4v) is 2.92. The topological polar surface area (TPSA) is 35.6 Å². The van der Waals surface area contributed by atoms with E-state index in [1.54, 1.807) is 0 Å². The molecule has 1 unspecified atom stereocenters. The first-order valence-electron chi connectivity index (χ1n) is 6.98. The van der Waals surface area contributed by atoms with Crippen molar-refractivity contribution in [1.29, 1.82) is 0 Å². The van der Waals surface area contributed by atoms with Gasteiger partial charge in [-0.2, -0.15) is 0 Å². The second kappa shape index (κ2) is 5.83. The predicted octanol–water partition coefficient (Wildman–Crippen LogP) is 0.681. The summed E-state index contributed by atoms with van der Waals surface area (Å²) in [6.45, 7) is 9.54. The third kappa shape index (κ3) is 2.99. The minimum absolute atomic E-state index is 0.00158. The highest BCUT2D eigenvalue weighted by atomic mass is 16.2. The highest BCUT2D eigenvalue weighted by Gasteiger charge is 2.30. The molecule has 2 heterocycles. The van der Waals surface area contributed by atoms with Gasteiger partial charge in [-0.05, 0) is 39.3 Å². The molecule has 0 radical (unpaired) electrons. The van der Waals surface area contributed by atoms with Crippen molar-refractivity contribution >= 4 is 5.91 Å². The monoisotopic (exact) mass is 239 g/mol. The Kier molecular flexibility index (Phi) is 4.40. The Balaban J connectivity index is 1.94. The molecule has 2 aliphatic rings. The molecule has 1 amide bonds. The van der Waals surface area contributed by atoms with Crippen LogP contribution in [-0.2, 0) is 4.79 Å². The zero-order chi connectivity index (χ0) is 12.3. The van der Waals surface area contributed by atoms with Gasteiger partial charge in [-0.3, -0.25) is 4.79 Å². The summed E-state index contributed by atoms with van der Waals surface area (Å²) in [6.07, 6.45) is 3.38. The number of piperidine rings is 1. The van der Waals surface area contributed by atoms with Gasteiger partial charge in [-0.15, -0.1) is 0 Å². The van der Waals surface area contributed by atoms with E-state index in [-0.39, 0.29) is 6.04 Å². The fourth-order valence-electron chi connectivity index (χ4n) is 2.92. The summed E-state index contributed by atoms with van der Waals surface area (Å²) >= 11 is 0. The van der Waals surface area contributed by atoms with Gasteiger partial charge in [0.15, 0.2) is 0 Å². The number of hydrogen-bond donors (Lipinski definition) is 1.